The van der Waals surface area contributed by atoms with Crippen molar-refractivity contribution in [1.82, 2.24) is 9.88 Å². The molecule has 1 saturated heterocycles. The Hall–Kier alpha value is -1.87. The van der Waals surface area contributed by atoms with Gasteiger partial charge in [-0.2, -0.15) is 0 Å². The van der Waals surface area contributed by atoms with Gasteiger partial charge in [0.25, 0.3) is 0 Å². The molecule has 1 aromatic heterocycles. The lowest BCUT2D eigenvalue weighted by atomic mass is 9.94. The van der Waals surface area contributed by atoms with Gasteiger partial charge in [-0.05, 0) is 36.7 Å². The molecule has 108 valence electrons. The highest BCUT2D eigenvalue weighted by atomic mass is 15.3. The summed E-state index contributed by atoms with van der Waals surface area (Å²) >= 11 is 0. The molecule has 0 radical (unpaired) electrons. The van der Waals surface area contributed by atoms with Crippen molar-refractivity contribution >= 4 is 5.69 Å². The van der Waals surface area contributed by atoms with Crippen LogP contribution in [0.3, 0.4) is 0 Å². The second-order valence-electron chi connectivity index (χ2n) is 6.35. The van der Waals surface area contributed by atoms with Crippen LogP contribution in [0.25, 0.3) is 0 Å². The van der Waals surface area contributed by atoms with Gasteiger partial charge in [0.2, 0.25) is 0 Å². The minimum atomic E-state index is 0.461. The summed E-state index contributed by atoms with van der Waals surface area (Å²) in [5.74, 6) is 0. The van der Waals surface area contributed by atoms with E-state index in [9.17, 15) is 0 Å². The fourth-order valence-corrected chi connectivity index (χ4v) is 3.73. The van der Waals surface area contributed by atoms with Crippen molar-refractivity contribution < 1.29 is 0 Å². The van der Waals surface area contributed by atoms with E-state index in [1.165, 1.54) is 27.9 Å². The van der Waals surface area contributed by atoms with Crippen molar-refractivity contribution in [3.05, 3.63) is 58.9 Å². The number of pyridine rings is 1. The number of aryl methyl sites for hydroxylation is 1. The Labute approximate surface area is 126 Å². The molecule has 1 aromatic carbocycles. The Kier molecular flexibility index (Phi) is 2.96. The summed E-state index contributed by atoms with van der Waals surface area (Å²) in [5.41, 5.74) is 7.03. The number of fused-ring (bicyclic) bond motifs is 5. The summed E-state index contributed by atoms with van der Waals surface area (Å²) in [6.07, 6.45) is 4.97. The van der Waals surface area contributed by atoms with Gasteiger partial charge in [0, 0.05) is 44.1 Å². The molecule has 0 aliphatic carbocycles. The third-order valence-electron chi connectivity index (χ3n) is 4.81. The van der Waals surface area contributed by atoms with E-state index in [0.717, 1.165) is 26.1 Å². The normalized spacial score (nSPS) is 21.2. The van der Waals surface area contributed by atoms with Crippen LogP contribution in [0.2, 0.25) is 0 Å². The van der Waals surface area contributed by atoms with Crippen molar-refractivity contribution in [3.63, 3.8) is 0 Å². The molecular formula is C18H21N3. The molecule has 0 saturated carbocycles. The Bertz CT molecular complexity index is 680. The summed E-state index contributed by atoms with van der Waals surface area (Å²) in [4.78, 5) is 9.37. The maximum absolute atomic E-state index is 4.35. The number of nitrogens with zero attached hydrogens (tertiary/aromatic N) is 3. The number of piperazine rings is 1. The summed E-state index contributed by atoms with van der Waals surface area (Å²) in [5, 5.41) is 0. The molecule has 1 unspecified atom stereocenters. The minimum absolute atomic E-state index is 0.461. The van der Waals surface area contributed by atoms with Gasteiger partial charge in [0.1, 0.15) is 0 Å². The van der Waals surface area contributed by atoms with E-state index in [-0.39, 0.29) is 0 Å². The van der Waals surface area contributed by atoms with Crippen LogP contribution in [0.1, 0.15) is 28.3 Å². The Balaban J connectivity index is 1.91. The molecular weight excluding hydrogens is 258 g/mol. The SMILES string of the molecule is Cc1ccc2c(c1)Cc1cnccc1N1CCN(C)CC21. The lowest BCUT2D eigenvalue weighted by Crippen LogP contribution is -2.46. The fraction of sp³-hybridized carbons (Fsp3) is 0.389. The summed E-state index contributed by atoms with van der Waals surface area (Å²) < 4.78 is 0. The Morgan fingerprint density at radius 3 is 2.95 bits per heavy atom. The van der Waals surface area contributed by atoms with Gasteiger partial charge in [-0.15, -0.1) is 0 Å². The molecule has 2 aliphatic heterocycles. The van der Waals surface area contributed by atoms with Crippen LogP contribution in [0.5, 0.6) is 0 Å². The summed E-state index contributed by atoms with van der Waals surface area (Å²) in [6, 6.07) is 9.58. The standard InChI is InChI=1S/C18H21N3/c1-13-3-4-16-14(9-13)10-15-11-19-6-5-17(15)21-8-7-20(2)12-18(16)21/h3-6,9,11,18H,7-8,10,12H2,1-2H3. The third kappa shape index (κ3) is 2.12. The van der Waals surface area contributed by atoms with Crippen molar-refractivity contribution in [1.29, 1.82) is 0 Å². The number of anilines is 1. The van der Waals surface area contributed by atoms with E-state index < -0.39 is 0 Å². The minimum Gasteiger partial charge on any atom is -0.362 e. The topological polar surface area (TPSA) is 19.4 Å². The van der Waals surface area contributed by atoms with Gasteiger partial charge in [0.05, 0.1) is 6.04 Å². The monoisotopic (exact) mass is 279 g/mol. The molecule has 3 heterocycles. The molecule has 21 heavy (non-hydrogen) atoms. The van der Waals surface area contributed by atoms with Gasteiger partial charge >= 0.3 is 0 Å². The zero-order valence-corrected chi connectivity index (χ0v) is 12.7. The summed E-state index contributed by atoms with van der Waals surface area (Å²) in [6.45, 7) is 5.49. The molecule has 2 aliphatic rings. The average molecular weight is 279 g/mol. The first kappa shape index (κ1) is 12.8. The molecule has 3 heteroatoms. The highest BCUT2D eigenvalue weighted by molar-refractivity contribution is 5.60. The van der Waals surface area contributed by atoms with Crippen molar-refractivity contribution in [3.8, 4) is 0 Å². The van der Waals surface area contributed by atoms with E-state index in [1.54, 1.807) is 0 Å². The third-order valence-corrected chi connectivity index (χ3v) is 4.81. The van der Waals surface area contributed by atoms with Gasteiger partial charge < -0.3 is 9.80 Å². The highest BCUT2D eigenvalue weighted by Crippen LogP contribution is 2.38. The van der Waals surface area contributed by atoms with Crippen LogP contribution in [-0.2, 0) is 6.42 Å². The van der Waals surface area contributed by atoms with Gasteiger partial charge in [-0.25, -0.2) is 0 Å². The average Bonchev–Trinajstić information content (AvgIpc) is 2.60. The molecule has 2 aromatic rings. The fourth-order valence-electron chi connectivity index (χ4n) is 3.73. The highest BCUT2D eigenvalue weighted by Gasteiger charge is 2.32. The van der Waals surface area contributed by atoms with E-state index in [4.69, 9.17) is 0 Å². The van der Waals surface area contributed by atoms with E-state index >= 15 is 0 Å². The number of likely N-dealkylation sites (N-methyl/N-ethyl adjacent to an activating group) is 1. The van der Waals surface area contributed by atoms with Crippen molar-refractivity contribution in [2.45, 2.75) is 19.4 Å². The number of benzene rings is 1. The molecule has 3 nitrogen and oxygen atoms in total. The molecule has 1 fully saturated rings. The lowest BCUT2D eigenvalue weighted by Gasteiger charge is -2.41. The quantitative estimate of drug-likeness (QED) is 0.739. The number of aromatic nitrogens is 1. The number of rotatable bonds is 0. The van der Waals surface area contributed by atoms with E-state index in [2.05, 4.69) is 53.0 Å². The van der Waals surface area contributed by atoms with Gasteiger partial charge in [-0.1, -0.05) is 23.8 Å². The summed E-state index contributed by atoms with van der Waals surface area (Å²) in [7, 11) is 2.23. The van der Waals surface area contributed by atoms with Crippen LogP contribution >= 0.6 is 0 Å². The van der Waals surface area contributed by atoms with Crippen LogP contribution in [-0.4, -0.2) is 36.6 Å². The molecule has 0 spiro atoms. The Morgan fingerprint density at radius 1 is 1.14 bits per heavy atom. The van der Waals surface area contributed by atoms with Crippen LogP contribution < -0.4 is 4.90 Å². The predicted octanol–water partition coefficient (Wildman–Crippen LogP) is 2.79. The largest absolute Gasteiger partial charge is 0.362 e. The first-order valence-electron chi connectivity index (χ1n) is 7.70. The molecule has 0 N–H and O–H groups in total. The second kappa shape index (κ2) is 4.85. The molecule has 4 rings (SSSR count). The van der Waals surface area contributed by atoms with Crippen molar-refractivity contribution in [2.24, 2.45) is 0 Å². The van der Waals surface area contributed by atoms with Gasteiger partial charge in [-0.3, -0.25) is 4.98 Å². The van der Waals surface area contributed by atoms with Crippen molar-refractivity contribution in [2.75, 3.05) is 31.6 Å². The Morgan fingerprint density at radius 2 is 2.05 bits per heavy atom. The van der Waals surface area contributed by atoms with E-state index in [0.29, 0.717) is 6.04 Å². The first-order valence-corrected chi connectivity index (χ1v) is 7.70. The first-order chi connectivity index (χ1) is 10.2. The number of hydrogen-bond acceptors (Lipinski definition) is 3. The van der Waals surface area contributed by atoms with Crippen LogP contribution in [0.15, 0.2) is 36.7 Å². The maximum atomic E-state index is 4.35. The van der Waals surface area contributed by atoms with Crippen LogP contribution in [0, 0.1) is 6.92 Å². The number of hydrogen-bond donors (Lipinski definition) is 0. The molecule has 1 atom stereocenters. The zero-order valence-electron chi connectivity index (χ0n) is 12.7. The maximum Gasteiger partial charge on any atom is 0.0672 e. The van der Waals surface area contributed by atoms with Gasteiger partial charge in [0.15, 0.2) is 0 Å². The molecule has 0 bridgehead atoms. The van der Waals surface area contributed by atoms with Crippen LogP contribution in [0.4, 0.5) is 5.69 Å². The van der Waals surface area contributed by atoms with E-state index in [1.807, 2.05) is 12.4 Å². The smallest absolute Gasteiger partial charge is 0.0672 e. The lowest BCUT2D eigenvalue weighted by molar-refractivity contribution is 0.269. The predicted molar refractivity (Wildman–Crippen MR) is 85.8 cm³/mol. The zero-order chi connectivity index (χ0) is 14.4. The molecule has 0 amide bonds. The second-order valence-corrected chi connectivity index (χ2v) is 6.35.